The van der Waals surface area contributed by atoms with Crippen LogP contribution in [0.15, 0.2) is 39.2 Å². The van der Waals surface area contributed by atoms with Crippen molar-refractivity contribution in [2.75, 3.05) is 7.11 Å². The third-order valence-corrected chi connectivity index (χ3v) is 2.67. The van der Waals surface area contributed by atoms with Gasteiger partial charge in [0.1, 0.15) is 11.5 Å². The fraction of sp³-hybridized carbons (Fsp3) is 0.0833. The van der Waals surface area contributed by atoms with Gasteiger partial charge in [-0.25, -0.2) is 0 Å². The van der Waals surface area contributed by atoms with E-state index in [0.717, 1.165) is 10.0 Å². The van der Waals surface area contributed by atoms with Gasteiger partial charge in [-0.3, -0.25) is 4.79 Å². The Morgan fingerprint density at radius 2 is 2.12 bits per heavy atom. The topological polar surface area (TPSA) is 39.4 Å². The van der Waals surface area contributed by atoms with Crippen LogP contribution in [0.3, 0.4) is 0 Å². The molecule has 0 radical (unpaired) electrons. The fourth-order valence-electron chi connectivity index (χ4n) is 1.43. The molecule has 0 fully saturated rings. The van der Waals surface area contributed by atoms with Crippen molar-refractivity contribution >= 4 is 22.2 Å². The molecule has 2 rings (SSSR count). The van der Waals surface area contributed by atoms with E-state index >= 15 is 0 Å². The molecule has 3 nitrogen and oxygen atoms in total. The highest BCUT2D eigenvalue weighted by Crippen LogP contribution is 2.33. The number of aldehydes is 1. The van der Waals surface area contributed by atoms with Crippen LogP contribution in [0.25, 0.3) is 11.3 Å². The van der Waals surface area contributed by atoms with Crippen LogP contribution in [0.4, 0.5) is 0 Å². The van der Waals surface area contributed by atoms with E-state index in [1.807, 2.05) is 18.2 Å². The molecular weight excluding hydrogens is 272 g/mol. The molecule has 0 aliphatic carbocycles. The van der Waals surface area contributed by atoms with Crippen molar-refractivity contribution in [3.05, 3.63) is 40.6 Å². The summed E-state index contributed by atoms with van der Waals surface area (Å²) >= 11 is 3.36. The maximum Gasteiger partial charge on any atom is 0.185 e. The lowest BCUT2D eigenvalue weighted by atomic mass is 10.1. The summed E-state index contributed by atoms with van der Waals surface area (Å²) in [5.74, 6) is 1.62. The summed E-state index contributed by atoms with van der Waals surface area (Å²) in [4.78, 5) is 10.5. The molecule has 82 valence electrons. The van der Waals surface area contributed by atoms with Gasteiger partial charge in [-0.15, -0.1) is 0 Å². The predicted octanol–water partition coefficient (Wildman–Crippen LogP) is 3.53. The second-order valence-electron chi connectivity index (χ2n) is 3.16. The van der Waals surface area contributed by atoms with Crippen molar-refractivity contribution < 1.29 is 13.9 Å². The fourth-order valence-corrected chi connectivity index (χ4v) is 1.77. The number of carbonyl (C=O) groups is 1. The number of hydrogen-bond acceptors (Lipinski definition) is 3. The molecule has 1 aromatic heterocycles. The second-order valence-corrected chi connectivity index (χ2v) is 4.08. The Morgan fingerprint density at radius 3 is 2.75 bits per heavy atom. The molecule has 1 heterocycles. The van der Waals surface area contributed by atoms with E-state index in [9.17, 15) is 4.79 Å². The van der Waals surface area contributed by atoms with Crippen LogP contribution >= 0.6 is 15.9 Å². The van der Waals surface area contributed by atoms with Gasteiger partial charge in [0.25, 0.3) is 0 Å². The molecule has 0 atom stereocenters. The highest BCUT2D eigenvalue weighted by atomic mass is 79.9. The Bertz CT molecular complexity index is 517. The Labute approximate surface area is 101 Å². The number of methoxy groups -OCH3 is 1. The van der Waals surface area contributed by atoms with Crippen LogP contribution in [0.2, 0.25) is 0 Å². The van der Waals surface area contributed by atoms with E-state index in [4.69, 9.17) is 9.15 Å². The van der Waals surface area contributed by atoms with E-state index < -0.39 is 0 Å². The van der Waals surface area contributed by atoms with Gasteiger partial charge < -0.3 is 9.15 Å². The number of ether oxygens (including phenoxy) is 1. The van der Waals surface area contributed by atoms with E-state index in [-0.39, 0.29) is 0 Å². The first-order chi connectivity index (χ1) is 7.74. The number of furan rings is 1. The summed E-state index contributed by atoms with van der Waals surface area (Å²) in [5.41, 5.74) is 0.818. The largest absolute Gasteiger partial charge is 0.496 e. The summed E-state index contributed by atoms with van der Waals surface area (Å²) in [6, 6.07) is 8.98. The van der Waals surface area contributed by atoms with Gasteiger partial charge in [0, 0.05) is 4.47 Å². The van der Waals surface area contributed by atoms with Crippen LogP contribution in [0.5, 0.6) is 5.75 Å². The van der Waals surface area contributed by atoms with Gasteiger partial charge in [-0.05, 0) is 30.3 Å². The molecule has 0 aliphatic rings. The third-order valence-electron chi connectivity index (χ3n) is 2.17. The summed E-state index contributed by atoms with van der Waals surface area (Å²) < 4.78 is 11.5. The molecule has 0 N–H and O–H groups in total. The Kier molecular flexibility index (Phi) is 3.10. The van der Waals surface area contributed by atoms with Crippen molar-refractivity contribution in [1.82, 2.24) is 0 Å². The standard InChI is InChI=1S/C12H9BrO3/c1-15-12-6-8(13)2-4-10(12)11-5-3-9(7-14)16-11/h2-7H,1H3. The zero-order valence-corrected chi connectivity index (χ0v) is 10.2. The minimum Gasteiger partial charge on any atom is -0.496 e. The molecule has 0 bridgehead atoms. The molecule has 4 heteroatoms. The molecule has 0 saturated heterocycles. The minimum absolute atomic E-state index is 0.306. The third kappa shape index (κ3) is 2.02. The highest BCUT2D eigenvalue weighted by Gasteiger charge is 2.10. The van der Waals surface area contributed by atoms with E-state index in [1.54, 1.807) is 19.2 Å². The number of rotatable bonds is 3. The first-order valence-electron chi connectivity index (χ1n) is 4.63. The Hall–Kier alpha value is -1.55. The first kappa shape index (κ1) is 11.0. The van der Waals surface area contributed by atoms with Gasteiger partial charge in [0.2, 0.25) is 0 Å². The smallest absolute Gasteiger partial charge is 0.185 e. The van der Waals surface area contributed by atoms with Gasteiger partial charge >= 0.3 is 0 Å². The van der Waals surface area contributed by atoms with Crippen LogP contribution in [0, 0.1) is 0 Å². The SMILES string of the molecule is COc1cc(Br)ccc1-c1ccc(C=O)o1. The van der Waals surface area contributed by atoms with Crippen molar-refractivity contribution in [3.63, 3.8) is 0 Å². The van der Waals surface area contributed by atoms with Crippen LogP contribution in [0.1, 0.15) is 10.6 Å². The quantitative estimate of drug-likeness (QED) is 0.808. The molecule has 2 aromatic rings. The molecule has 0 amide bonds. The maximum absolute atomic E-state index is 10.5. The van der Waals surface area contributed by atoms with Gasteiger partial charge in [0.15, 0.2) is 12.0 Å². The number of carbonyl (C=O) groups excluding carboxylic acids is 1. The molecule has 0 aliphatic heterocycles. The average molecular weight is 281 g/mol. The van der Waals surface area contributed by atoms with E-state index in [2.05, 4.69) is 15.9 Å². The zero-order valence-electron chi connectivity index (χ0n) is 8.57. The van der Waals surface area contributed by atoms with Crippen LogP contribution < -0.4 is 4.74 Å². The van der Waals surface area contributed by atoms with E-state index in [1.165, 1.54) is 0 Å². The molecule has 1 aromatic carbocycles. The van der Waals surface area contributed by atoms with Crippen molar-refractivity contribution in [2.24, 2.45) is 0 Å². The van der Waals surface area contributed by atoms with Crippen molar-refractivity contribution in [3.8, 4) is 17.1 Å². The summed E-state index contributed by atoms with van der Waals surface area (Å²) in [7, 11) is 1.59. The summed E-state index contributed by atoms with van der Waals surface area (Å²) in [6.07, 6.45) is 0.675. The zero-order chi connectivity index (χ0) is 11.5. The van der Waals surface area contributed by atoms with Crippen molar-refractivity contribution in [1.29, 1.82) is 0 Å². The molecular formula is C12H9BrO3. The monoisotopic (exact) mass is 280 g/mol. The van der Waals surface area contributed by atoms with Crippen LogP contribution in [-0.2, 0) is 0 Å². The molecule has 16 heavy (non-hydrogen) atoms. The minimum atomic E-state index is 0.306. The predicted molar refractivity (Wildman–Crippen MR) is 63.8 cm³/mol. The lowest BCUT2D eigenvalue weighted by molar-refractivity contribution is 0.110. The molecule has 0 saturated carbocycles. The Morgan fingerprint density at radius 1 is 1.31 bits per heavy atom. The van der Waals surface area contributed by atoms with Crippen LogP contribution in [-0.4, -0.2) is 13.4 Å². The van der Waals surface area contributed by atoms with Crippen molar-refractivity contribution in [2.45, 2.75) is 0 Å². The lowest BCUT2D eigenvalue weighted by Crippen LogP contribution is -1.86. The normalized spacial score (nSPS) is 10.1. The molecule has 0 unspecified atom stereocenters. The summed E-state index contributed by atoms with van der Waals surface area (Å²) in [6.45, 7) is 0. The maximum atomic E-state index is 10.5. The van der Waals surface area contributed by atoms with Gasteiger partial charge in [-0.1, -0.05) is 15.9 Å². The number of benzene rings is 1. The average Bonchev–Trinajstić information content (AvgIpc) is 2.77. The summed E-state index contributed by atoms with van der Waals surface area (Å²) in [5, 5.41) is 0. The van der Waals surface area contributed by atoms with Gasteiger partial charge in [0.05, 0.1) is 12.7 Å². The Balaban J connectivity index is 2.50. The van der Waals surface area contributed by atoms with Gasteiger partial charge in [-0.2, -0.15) is 0 Å². The molecule has 0 spiro atoms. The lowest BCUT2D eigenvalue weighted by Gasteiger charge is -2.06. The first-order valence-corrected chi connectivity index (χ1v) is 5.43. The number of hydrogen-bond donors (Lipinski definition) is 0. The number of halogens is 1. The van der Waals surface area contributed by atoms with E-state index in [0.29, 0.717) is 23.6 Å². The highest BCUT2D eigenvalue weighted by molar-refractivity contribution is 9.10. The second kappa shape index (κ2) is 4.53.